The summed E-state index contributed by atoms with van der Waals surface area (Å²) in [6.07, 6.45) is 1.01. The van der Waals surface area contributed by atoms with Crippen molar-refractivity contribution in [2.45, 2.75) is 37.6 Å². The van der Waals surface area contributed by atoms with E-state index in [1.807, 2.05) is 0 Å². The Bertz CT molecular complexity index is 803. The molecule has 0 radical (unpaired) electrons. The lowest BCUT2D eigenvalue weighted by Gasteiger charge is -2.28. The predicted octanol–water partition coefficient (Wildman–Crippen LogP) is 1.60. The van der Waals surface area contributed by atoms with Crippen molar-refractivity contribution in [2.24, 2.45) is 0 Å². The Kier molecular flexibility index (Phi) is 7.67. The van der Waals surface area contributed by atoms with Crippen LogP contribution in [0.25, 0.3) is 0 Å². The molecule has 1 saturated heterocycles. The van der Waals surface area contributed by atoms with Crippen LogP contribution < -0.4 is 4.74 Å². The van der Waals surface area contributed by atoms with Crippen molar-refractivity contribution in [2.75, 3.05) is 44.8 Å². The fraction of sp³-hybridized carbons (Fsp3) is 0.667. The fourth-order valence-electron chi connectivity index (χ4n) is 3.37. The molecular weight excluding hydrogens is 388 g/mol. The minimum atomic E-state index is -3.78. The first-order valence-corrected chi connectivity index (χ1v) is 12.6. The van der Waals surface area contributed by atoms with E-state index in [0.29, 0.717) is 25.1 Å². The van der Waals surface area contributed by atoms with Gasteiger partial charge >= 0.3 is 0 Å². The smallest absolute Gasteiger partial charge is 0.243 e. The van der Waals surface area contributed by atoms with Crippen LogP contribution in [0.2, 0.25) is 0 Å². The van der Waals surface area contributed by atoms with Gasteiger partial charge in [0.15, 0.2) is 9.84 Å². The van der Waals surface area contributed by atoms with Crippen LogP contribution >= 0.6 is 0 Å². The van der Waals surface area contributed by atoms with Crippen molar-refractivity contribution in [1.82, 2.24) is 9.21 Å². The summed E-state index contributed by atoms with van der Waals surface area (Å²) in [5.74, 6) is 0.515. The molecule has 0 amide bonds. The highest BCUT2D eigenvalue weighted by Gasteiger charge is 2.38. The number of nitrogens with zero attached hydrogens (tertiary/aromatic N) is 2. The number of ether oxygens (including phenoxy) is 1. The lowest BCUT2D eigenvalue weighted by Crippen LogP contribution is -2.42. The molecule has 0 N–H and O–H groups in total. The summed E-state index contributed by atoms with van der Waals surface area (Å²) < 4.78 is 56.8. The average Bonchev–Trinajstić information content (AvgIpc) is 3.01. The van der Waals surface area contributed by atoms with Crippen LogP contribution in [0.3, 0.4) is 0 Å². The summed E-state index contributed by atoms with van der Waals surface area (Å²) in [6, 6.07) is 5.72. The standard InChI is InChI=1S/C18H30N2O5S2/c1-4-19(5-2)12-6-13-20(16-11-14-26(21,22)15-16)27(23,24)18-9-7-17(25-3)8-10-18/h7-10,16H,4-6,11-15H2,1-3H3/t16-/m1/s1. The van der Waals surface area contributed by atoms with E-state index in [1.54, 1.807) is 12.1 Å². The maximum absolute atomic E-state index is 13.2. The topological polar surface area (TPSA) is 84.0 Å². The number of sulfone groups is 1. The lowest BCUT2D eigenvalue weighted by molar-refractivity contribution is 0.269. The van der Waals surface area contributed by atoms with Crippen molar-refractivity contribution < 1.29 is 21.6 Å². The van der Waals surface area contributed by atoms with E-state index in [4.69, 9.17) is 4.74 Å². The number of sulfonamides is 1. The summed E-state index contributed by atoms with van der Waals surface area (Å²) in [4.78, 5) is 2.39. The second kappa shape index (κ2) is 9.36. The van der Waals surface area contributed by atoms with Crippen LogP contribution in [0.15, 0.2) is 29.2 Å². The molecule has 1 aromatic carbocycles. The Hall–Kier alpha value is -1.16. The Morgan fingerprint density at radius 2 is 1.74 bits per heavy atom. The summed E-state index contributed by atoms with van der Waals surface area (Å²) in [7, 11) is -5.44. The van der Waals surface area contributed by atoms with Gasteiger partial charge < -0.3 is 9.64 Å². The van der Waals surface area contributed by atoms with Gasteiger partial charge in [-0.3, -0.25) is 0 Å². The van der Waals surface area contributed by atoms with E-state index in [2.05, 4.69) is 18.7 Å². The molecule has 0 spiro atoms. The summed E-state index contributed by atoms with van der Waals surface area (Å²) in [6.45, 7) is 7.03. The highest BCUT2D eigenvalue weighted by atomic mass is 32.2. The molecule has 0 aromatic heterocycles. The van der Waals surface area contributed by atoms with Gasteiger partial charge in [-0.2, -0.15) is 4.31 Å². The van der Waals surface area contributed by atoms with Gasteiger partial charge in [-0.25, -0.2) is 16.8 Å². The largest absolute Gasteiger partial charge is 0.497 e. The van der Waals surface area contributed by atoms with Crippen molar-refractivity contribution in [3.8, 4) is 5.75 Å². The SMILES string of the molecule is CCN(CC)CCCN([C@@H]1CCS(=O)(=O)C1)S(=O)(=O)c1ccc(OC)cc1. The Morgan fingerprint density at radius 1 is 1.11 bits per heavy atom. The molecule has 0 bridgehead atoms. The van der Waals surface area contributed by atoms with E-state index in [-0.39, 0.29) is 16.4 Å². The molecule has 1 fully saturated rings. The molecule has 7 nitrogen and oxygen atoms in total. The summed E-state index contributed by atoms with van der Waals surface area (Å²) in [5, 5.41) is 0. The highest BCUT2D eigenvalue weighted by molar-refractivity contribution is 7.92. The summed E-state index contributed by atoms with van der Waals surface area (Å²) >= 11 is 0. The minimum absolute atomic E-state index is 0.0440. The van der Waals surface area contributed by atoms with E-state index >= 15 is 0 Å². The van der Waals surface area contributed by atoms with Crippen molar-refractivity contribution in [3.05, 3.63) is 24.3 Å². The third kappa shape index (κ3) is 5.66. The zero-order chi connectivity index (χ0) is 20.1. The number of methoxy groups -OCH3 is 1. The highest BCUT2D eigenvalue weighted by Crippen LogP contribution is 2.26. The molecule has 154 valence electrons. The summed E-state index contributed by atoms with van der Waals surface area (Å²) in [5.41, 5.74) is 0. The van der Waals surface area contributed by atoms with E-state index in [9.17, 15) is 16.8 Å². The van der Waals surface area contributed by atoms with Gasteiger partial charge in [0.05, 0.1) is 23.5 Å². The monoisotopic (exact) mass is 418 g/mol. The second-order valence-corrected chi connectivity index (χ2v) is 10.8. The van der Waals surface area contributed by atoms with Gasteiger partial charge in [0.25, 0.3) is 0 Å². The van der Waals surface area contributed by atoms with Gasteiger partial charge in [-0.1, -0.05) is 13.8 Å². The second-order valence-electron chi connectivity index (χ2n) is 6.73. The molecule has 27 heavy (non-hydrogen) atoms. The molecular formula is C18H30N2O5S2. The van der Waals surface area contributed by atoms with Crippen LogP contribution in [0, 0.1) is 0 Å². The van der Waals surface area contributed by atoms with Gasteiger partial charge in [-0.15, -0.1) is 0 Å². The van der Waals surface area contributed by atoms with Gasteiger partial charge in [-0.05, 0) is 56.7 Å². The van der Waals surface area contributed by atoms with Crippen LogP contribution in [0.1, 0.15) is 26.7 Å². The first kappa shape index (κ1) is 22.1. The van der Waals surface area contributed by atoms with Crippen molar-refractivity contribution >= 4 is 19.9 Å². The number of rotatable bonds is 10. The molecule has 1 heterocycles. The van der Waals surface area contributed by atoms with E-state index in [1.165, 1.54) is 23.5 Å². The number of hydrogen-bond donors (Lipinski definition) is 0. The van der Waals surface area contributed by atoms with Gasteiger partial charge in [0.2, 0.25) is 10.0 Å². The van der Waals surface area contributed by atoms with Crippen LogP contribution in [0.4, 0.5) is 0 Å². The quantitative estimate of drug-likeness (QED) is 0.574. The minimum Gasteiger partial charge on any atom is -0.497 e. The van der Waals surface area contributed by atoms with Crippen molar-refractivity contribution in [3.63, 3.8) is 0 Å². The molecule has 2 rings (SSSR count). The molecule has 9 heteroatoms. The Balaban J connectivity index is 2.24. The Labute approximate surface area is 163 Å². The molecule has 1 atom stereocenters. The average molecular weight is 419 g/mol. The molecule has 0 unspecified atom stereocenters. The lowest BCUT2D eigenvalue weighted by atomic mass is 10.2. The first-order chi connectivity index (χ1) is 12.7. The fourth-order valence-corrected chi connectivity index (χ4v) is 6.89. The van der Waals surface area contributed by atoms with Crippen molar-refractivity contribution in [1.29, 1.82) is 0 Å². The maximum atomic E-state index is 13.2. The molecule has 0 saturated carbocycles. The zero-order valence-corrected chi connectivity index (χ0v) is 17.9. The normalized spacial score (nSPS) is 19.7. The third-order valence-electron chi connectivity index (χ3n) is 5.03. The molecule has 0 aliphatic carbocycles. The molecule has 1 aliphatic heterocycles. The van der Waals surface area contributed by atoms with Crippen LogP contribution in [-0.2, 0) is 19.9 Å². The van der Waals surface area contributed by atoms with Gasteiger partial charge in [0.1, 0.15) is 5.75 Å². The predicted molar refractivity (Wildman–Crippen MR) is 106 cm³/mol. The zero-order valence-electron chi connectivity index (χ0n) is 16.3. The van der Waals surface area contributed by atoms with Crippen LogP contribution in [0.5, 0.6) is 5.75 Å². The Morgan fingerprint density at radius 3 is 2.22 bits per heavy atom. The van der Waals surface area contributed by atoms with Crippen LogP contribution in [-0.4, -0.2) is 76.9 Å². The number of benzene rings is 1. The van der Waals surface area contributed by atoms with E-state index < -0.39 is 25.9 Å². The molecule has 1 aliphatic rings. The van der Waals surface area contributed by atoms with E-state index in [0.717, 1.165) is 19.6 Å². The molecule has 1 aromatic rings. The first-order valence-electron chi connectivity index (χ1n) is 9.32. The number of hydrogen-bond acceptors (Lipinski definition) is 6. The van der Waals surface area contributed by atoms with Gasteiger partial charge in [0, 0.05) is 12.6 Å². The third-order valence-corrected chi connectivity index (χ3v) is 8.75. The maximum Gasteiger partial charge on any atom is 0.243 e.